The molecule has 1 aromatic carbocycles. The van der Waals surface area contributed by atoms with E-state index in [-0.39, 0.29) is 11.3 Å². The van der Waals surface area contributed by atoms with Crippen molar-refractivity contribution in [2.45, 2.75) is 59.0 Å². The Morgan fingerprint density at radius 2 is 1.88 bits per heavy atom. The number of hydrogen-bond donors (Lipinski definition) is 1. The van der Waals surface area contributed by atoms with Gasteiger partial charge in [-0.05, 0) is 53.0 Å². The summed E-state index contributed by atoms with van der Waals surface area (Å²) in [7, 11) is -0.691. The number of primary amides is 1. The van der Waals surface area contributed by atoms with Gasteiger partial charge in [0.25, 0.3) is 0 Å². The fraction of sp³-hybridized carbons (Fsp3) is 0.391. The summed E-state index contributed by atoms with van der Waals surface area (Å²) in [4.78, 5) is 12.3. The zero-order valence-electron chi connectivity index (χ0n) is 16.8. The number of benzene rings is 1. The van der Waals surface area contributed by atoms with E-state index >= 15 is 0 Å². The molecule has 1 aromatic rings. The van der Waals surface area contributed by atoms with Crippen LogP contribution in [0.4, 0.5) is 0 Å². The summed E-state index contributed by atoms with van der Waals surface area (Å²) in [6.07, 6.45) is 8.19. The minimum absolute atomic E-state index is 0.0540. The smallest absolute Gasteiger partial charge is 0.249 e. The van der Waals surface area contributed by atoms with E-state index in [4.69, 9.17) is 5.73 Å². The average Bonchev–Trinajstić information content (AvgIpc) is 2.92. The highest BCUT2D eigenvalue weighted by Gasteiger charge is 2.27. The molecule has 2 nitrogen and oxygen atoms in total. The van der Waals surface area contributed by atoms with Crippen LogP contribution < -0.4 is 5.73 Å². The van der Waals surface area contributed by atoms with Gasteiger partial charge in [0.15, 0.2) is 0 Å². The average molecular weight is 364 g/mol. The molecule has 1 amide bonds. The first-order valence-electron chi connectivity index (χ1n) is 9.32. The first-order valence-corrected chi connectivity index (χ1v) is 11.8. The topological polar surface area (TPSA) is 43.1 Å². The van der Waals surface area contributed by atoms with Crippen molar-refractivity contribution >= 4 is 31.1 Å². The maximum absolute atomic E-state index is 12.3. The van der Waals surface area contributed by atoms with Crippen LogP contribution >= 0.6 is 0 Å². The van der Waals surface area contributed by atoms with E-state index in [0.29, 0.717) is 5.57 Å². The highest BCUT2D eigenvalue weighted by atomic mass is 28.2. The van der Waals surface area contributed by atoms with Crippen LogP contribution in [0.2, 0.25) is 13.1 Å². The van der Waals surface area contributed by atoms with Crippen molar-refractivity contribution in [1.29, 1.82) is 0 Å². The number of amides is 1. The summed E-state index contributed by atoms with van der Waals surface area (Å²) >= 11 is 0. The fourth-order valence-corrected chi connectivity index (χ4v) is 5.18. The molecule has 26 heavy (non-hydrogen) atoms. The summed E-state index contributed by atoms with van der Waals surface area (Å²) in [6, 6.07) is 4.63. The van der Waals surface area contributed by atoms with Crippen LogP contribution in [-0.4, -0.2) is 19.5 Å². The van der Waals surface area contributed by atoms with Gasteiger partial charge in [-0.2, -0.15) is 0 Å². The Kier molecular flexibility index (Phi) is 4.78. The van der Waals surface area contributed by atoms with Crippen molar-refractivity contribution in [2.75, 3.05) is 0 Å². The maximum atomic E-state index is 12.3. The van der Waals surface area contributed by atoms with E-state index in [1.54, 1.807) is 0 Å². The van der Waals surface area contributed by atoms with Gasteiger partial charge in [0, 0.05) is 14.0 Å². The molecule has 2 aliphatic rings. The Balaban J connectivity index is 2.38. The van der Waals surface area contributed by atoms with E-state index in [0.717, 1.165) is 18.4 Å². The molecule has 0 unspecified atom stereocenters. The lowest BCUT2D eigenvalue weighted by molar-refractivity contribution is -0.114. The Morgan fingerprint density at radius 3 is 2.46 bits per heavy atom. The van der Waals surface area contributed by atoms with Crippen LogP contribution in [0, 0.1) is 0 Å². The van der Waals surface area contributed by atoms with Gasteiger partial charge in [-0.15, -0.1) is 0 Å². The van der Waals surface area contributed by atoms with Gasteiger partial charge in [0.1, 0.15) is 0 Å². The molecule has 0 radical (unpaired) electrons. The molecule has 136 valence electrons. The molecule has 0 aliphatic heterocycles. The molecule has 0 atom stereocenters. The number of carbonyl (C=O) groups is 1. The van der Waals surface area contributed by atoms with Crippen molar-refractivity contribution < 1.29 is 4.79 Å². The Labute approximate surface area is 158 Å². The van der Waals surface area contributed by atoms with Crippen LogP contribution in [0.15, 0.2) is 35.4 Å². The van der Waals surface area contributed by atoms with Crippen molar-refractivity contribution in [3.8, 4) is 0 Å². The van der Waals surface area contributed by atoms with Crippen LogP contribution in [0.1, 0.15) is 56.4 Å². The lowest BCUT2D eigenvalue weighted by Crippen LogP contribution is -2.23. The largest absolute Gasteiger partial charge is 0.366 e. The van der Waals surface area contributed by atoms with E-state index in [1.165, 1.54) is 33.0 Å². The molecular weight excluding hydrogens is 334 g/mol. The summed E-state index contributed by atoms with van der Waals surface area (Å²) < 4.78 is 0. The minimum Gasteiger partial charge on any atom is -0.366 e. The number of nitrogens with two attached hydrogens (primary N) is 1. The number of fused-ring (bicyclic) bond motifs is 1. The molecule has 0 bridgehead atoms. The lowest BCUT2D eigenvalue weighted by atomic mass is 9.80. The Hall–Kier alpha value is -2.00. The standard InChI is InChI=1S/C23H29NOSi/c1-14-10-15-12-16(23(2,3)4)13-19(18(15)11-14)21-17(22(24)25)8-7-9-20(21)26(5)6/h7-8,10,12-13H,9,11H2,1-6H3,(H2,24,25). The molecule has 0 fully saturated rings. The van der Waals surface area contributed by atoms with Crippen LogP contribution in [-0.2, 0) is 16.6 Å². The zero-order valence-corrected chi connectivity index (χ0v) is 17.8. The van der Waals surface area contributed by atoms with Crippen molar-refractivity contribution in [3.63, 3.8) is 0 Å². The molecule has 0 spiro atoms. The third-order valence-electron chi connectivity index (χ3n) is 5.32. The highest BCUT2D eigenvalue weighted by Crippen LogP contribution is 2.39. The molecule has 0 saturated heterocycles. The summed E-state index contributed by atoms with van der Waals surface area (Å²) in [5.74, 6) is -0.325. The molecule has 2 N–H and O–H groups in total. The van der Waals surface area contributed by atoms with Gasteiger partial charge >= 0.3 is 0 Å². The normalized spacial score (nSPS) is 16.7. The number of rotatable bonds is 2. The molecule has 3 heteroatoms. The van der Waals surface area contributed by atoms with Gasteiger partial charge in [0.2, 0.25) is 5.91 Å². The summed E-state index contributed by atoms with van der Waals surface area (Å²) in [6.45, 7) is 13.5. The predicted molar refractivity (Wildman–Crippen MR) is 115 cm³/mol. The molecular formula is C23H29NOSi. The monoisotopic (exact) mass is 363 g/mol. The molecule has 2 aliphatic carbocycles. The Morgan fingerprint density at radius 1 is 1.19 bits per heavy atom. The van der Waals surface area contributed by atoms with Gasteiger partial charge in [0.05, 0.1) is 0 Å². The first-order chi connectivity index (χ1) is 12.1. The second-order valence-corrected chi connectivity index (χ2v) is 11.4. The molecule has 0 saturated carbocycles. The number of carbonyl (C=O) groups excluding carboxylic acids is 1. The van der Waals surface area contributed by atoms with Gasteiger partial charge < -0.3 is 5.73 Å². The van der Waals surface area contributed by atoms with E-state index < -0.39 is 8.41 Å². The van der Waals surface area contributed by atoms with Crippen molar-refractivity contribution in [3.05, 3.63) is 57.7 Å². The van der Waals surface area contributed by atoms with Gasteiger partial charge in [-0.25, -0.2) is 0 Å². The number of hydrogen-bond acceptors (Lipinski definition) is 1. The first kappa shape index (κ1) is 18.8. The van der Waals surface area contributed by atoms with Crippen LogP contribution in [0.3, 0.4) is 0 Å². The minimum atomic E-state index is -0.691. The third-order valence-corrected chi connectivity index (χ3v) is 6.99. The molecule has 0 heterocycles. The fourth-order valence-electron chi connectivity index (χ4n) is 3.88. The van der Waals surface area contributed by atoms with Crippen LogP contribution in [0.25, 0.3) is 11.6 Å². The van der Waals surface area contributed by atoms with Gasteiger partial charge in [-0.1, -0.05) is 75.0 Å². The quantitative estimate of drug-likeness (QED) is 0.764. The Bertz CT molecular complexity index is 916. The molecule has 3 rings (SSSR count). The second-order valence-electron chi connectivity index (χ2n) is 8.75. The number of allylic oxidation sites excluding steroid dienone is 3. The van der Waals surface area contributed by atoms with Gasteiger partial charge in [-0.3, -0.25) is 4.79 Å². The van der Waals surface area contributed by atoms with E-state index in [2.05, 4.69) is 65.1 Å². The zero-order chi connectivity index (χ0) is 19.2. The van der Waals surface area contributed by atoms with E-state index in [1.807, 2.05) is 6.08 Å². The third kappa shape index (κ3) is 3.33. The maximum Gasteiger partial charge on any atom is 0.249 e. The second kappa shape index (κ2) is 6.62. The van der Waals surface area contributed by atoms with Crippen molar-refractivity contribution in [1.82, 2.24) is 0 Å². The lowest BCUT2D eigenvalue weighted by Gasteiger charge is -2.26. The highest BCUT2D eigenvalue weighted by molar-refractivity contribution is 6.77. The van der Waals surface area contributed by atoms with E-state index in [9.17, 15) is 4.79 Å². The summed E-state index contributed by atoms with van der Waals surface area (Å²) in [5, 5.41) is 1.41. The van der Waals surface area contributed by atoms with Crippen LogP contribution in [0.5, 0.6) is 0 Å². The van der Waals surface area contributed by atoms with Crippen molar-refractivity contribution in [2.24, 2.45) is 5.73 Å². The summed E-state index contributed by atoms with van der Waals surface area (Å²) in [5.41, 5.74) is 14.2. The predicted octanol–water partition coefficient (Wildman–Crippen LogP) is 4.65. The SMILES string of the molecule is CC1=Cc2cc(C(C)(C)C)cc(C3=C(C(N)=O)C=CCC3=[Si](C)C)c2C1. The molecule has 0 aromatic heterocycles.